The van der Waals surface area contributed by atoms with Crippen LogP contribution in [0, 0.1) is 5.82 Å². The summed E-state index contributed by atoms with van der Waals surface area (Å²) in [5.41, 5.74) is 3.80. The zero-order valence-electron chi connectivity index (χ0n) is 22.3. The van der Waals surface area contributed by atoms with Crippen molar-refractivity contribution in [2.24, 2.45) is 0 Å². The highest BCUT2D eigenvalue weighted by molar-refractivity contribution is 5.88. The van der Waals surface area contributed by atoms with Crippen LogP contribution in [-0.4, -0.2) is 29.3 Å². The Balaban J connectivity index is 1.71. The summed E-state index contributed by atoms with van der Waals surface area (Å²) in [6, 6.07) is 35.1. The maximum atomic E-state index is 14.3. The minimum Gasteiger partial charge on any atom is -0.354 e. The van der Waals surface area contributed by atoms with Crippen molar-refractivity contribution in [3.63, 3.8) is 0 Å². The molecule has 0 radical (unpaired) electrons. The Bertz CT molecular complexity index is 1270. The van der Waals surface area contributed by atoms with E-state index >= 15 is 0 Å². The average Bonchev–Trinajstić information content (AvgIpc) is 2.98. The Morgan fingerprint density at radius 3 is 1.82 bits per heavy atom. The molecule has 0 unspecified atom stereocenters. The molecule has 0 bridgehead atoms. The van der Waals surface area contributed by atoms with Gasteiger partial charge in [-0.15, -0.1) is 0 Å². The topological polar surface area (TPSA) is 49.4 Å². The molecule has 2 amide bonds. The van der Waals surface area contributed by atoms with E-state index in [1.807, 2.05) is 97.9 Å². The van der Waals surface area contributed by atoms with Gasteiger partial charge in [0.2, 0.25) is 11.8 Å². The van der Waals surface area contributed by atoms with E-state index in [0.29, 0.717) is 13.0 Å². The molecule has 5 heteroatoms. The second-order valence-electron chi connectivity index (χ2n) is 9.72. The Hall–Kier alpha value is -4.25. The molecule has 0 saturated carbocycles. The Kier molecular flexibility index (Phi) is 10.0. The number of nitrogens with one attached hydrogen (secondary N) is 1. The summed E-state index contributed by atoms with van der Waals surface area (Å²) >= 11 is 0. The summed E-state index contributed by atoms with van der Waals surface area (Å²) in [4.78, 5) is 29.5. The van der Waals surface area contributed by atoms with E-state index in [-0.39, 0.29) is 36.5 Å². The van der Waals surface area contributed by atoms with Crippen molar-refractivity contribution in [1.82, 2.24) is 10.2 Å². The lowest BCUT2D eigenvalue weighted by molar-refractivity contribution is -0.141. The zero-order chi connectivity index (χ0) is 27.5. The predicted octanol–water partition coefficient (Wildman–Crippen LogP) is 6.51. The largest absolute Gasteiger partial charge is 0.354 e. The van der Waals surface area contributed by atoms with Gasteiger partial charge in [0.15, 0.2) is 0 Å². The van der Waals surface area contributed by atoms with E-state index < -0.39 is 6.04 Å². The van der Waals surface area contributed by atoms with Crippen LogP contribution < -0.4 is 5.32 Å². The molecule has 200 valence electrons. The first-order valence-electron chi connectivity index (χ1n) is 13.5. The lowest BCUT2D eigenvalue weighted by atomic mass is 9.87. The fourth-order valence-electron chi connectivity index (χ4n) is 4.80. The van der Waals surface area contributed by atoms with Gasteiger partial charge in [-0.2, -0.15) is 0 Å². The monoisotopic (exact) mass is 522 g/mol. The first-order valence-corrected chi connectivity index (χ1v) is 13.5. The smallest absolute Gasteiger partial charge is 0.243 e. The molecular formula is C34H35FN2O2. The number of hydrogen-bond acceptors (Lipinski definition) is 2. The van der Waals surface area contributed by atoms with E-state index in [0.717, 1.165) is 28.7 Å². The second kappa shape index (κ2) is 14.1. The lowest BCUT2D eigenvalue weighted by Crippen LogP contribution is -2.50. The SMILES string of the molecule is CCCNC(=O)[C@@H](Cc1ccccc1)N(Cc1ccc(F)cc1)C(=O)CC(c1ccccc1)c1ccccc1. The molecule has 4 rings (SSSR count). The van der Waals surface area contributed by atoms with Gasteiger partial charge in [0.25, 0.3) is 0 Å². The van der Waals surface area contributed by atoms with E-state index in [4.69, 9.17) is 0 Å². The number of benzene rings is 4. The molecule has 4 aromatic carbocycles. The molecule has 0 saturated heterocycles. The minimum absolute atomic E-state index is 0.135. The first kappa shape index (κ1) is 27.8. The summed E-state index contributed by atoms with van der Waals surface area (Å²) in [6.45, 7) is 2.73. The summed E-state index contributed by atoms with van der Waals surface area (Å²) in [6.07, 6.45) is 1.37. The van der Waals surface area contributed by atoms with Gasteiger partial charge in [-0.25, -0.2) is 4.39 Å². The molecule has 0 fully saturated rings. The fourth-order valence-corrected chi connectivity index (χ4v) is 4.80. The molecule has 0 heterocycles. The maximum Gasteiger partial charge on any atom is 0.243 e. The number of carbonyl (C=O) groups is 2. The fraction of sp³-hybridized carbons (Fsp3) is 0.235. The van der Waals surface area contributed by atoms with Crippen molar-refractivity contribution in [2.75, 3.05) is 6.54 Å². The highest BCUT2D eigenvalue weighted by atomic mass is 19.1. The third-order valence-corrected chi connectivity index (χ3v) is 6.87. The van der Waals surface area contributed by atoms with Crippen LogP contribution in [0.25, 0.3) is 0 Å². The molecule has 0 aliphatic rings. The molecule has 4 aromatic rings. The minimum atomic E-state index is -0.719. The van der Waals surface area contributed by atoms with Crippen LogP contribution in [0.1, 0.15) is 47.9 Å². The van der Waals surface area contributed by atoms with Gasteiger partial charge < -0.3 is 10.2 Å². The lowest BCUT2D eigenvalue weighted by Gasteiger charge is -2.33. The third-order valence-electron chi connectivity index (χ3n) is 6.87. The van der Waals surface area contributed by atoms with Gasteiger partial charge in [-0.05, 0) is 40.8 Å². The van der Waals surface area contributed by atoms with Crippen molar-refractivity contribution in [1.29, 1.82) is 0 Å². The molecule has 1 atom stereocenters. The molecular weight excluding hydrogens is 487 g/mol. The van der Waals surface area contributed by atoms with Gasteiger partial charge in [-0.1, -0.05) is 110 Å². The van der Waals surface area contributed by atoms with E-state index in [9.17, 15) is 14.0 Å². The summed E-state index contributed by atoms with van der Waals surface area (Å²) in [7, 11) is 0. The third kappa shape index (κ3) is 7.87. The standard InChI is InChI=1S/C34H35FN2O2/c1-2-22-36-34(39)32(23-26-12-6-3-7-13-26)37(25-27-18-20-30(35)21-19-27)33(38)24-31(28-14-8-4-9-15-28)29-16-10-5-11-17-29/h3-21,31-32H,2,22-25H2,1H3,(H,36,39)/t32-/m1/s1. The summed E-state index contributed by atoms with van der Waals surface area (Å²) in [5.74, 6) is -0.838. The second-order valence-corrected chi connectivity index (χ2v) is 9.72. The predicted molar refractivity (Wildman–Crippen MR) is 154 cm³/mol. The Morgan fingerprint density at radius 1 is 0.744 bits per heavy atom. The number of amides is 2. The average molecular weight is 523 g/mol. The van der Waals surface area contributed by atoms with Crippen LogP contribution in [0.2, 0.25) is 0 Å². The van der Waals surface area contributed by atoms with Crippen molar-refractivity contribution < 1.29 is 14.0 Å². The van der Waals surface area contributed by atoms with Crippen LogP contribution in [-0.2, 0) is 22.6 Å². The van der Waals surface area contributed by atoms with Crippen molar-refractivity contribution in [3.8, 4) is 0 Å². The summed E-state index contributed by atoms with van der Waals surface area (Å²) in [5, 5.41) is 3.01. The highest BCUT2D eigenvalue weighted by Gasteiger charge is 2.32. The van der Waals surface area contributed by atoms with E-state index in [1.165, 1.54) is 12.1 Å². The molecule has 0 spiro atoms. The number of nitrogens with zero attached hydrogens (tertiary/aromatic N) is 1. The van der Waals surface area contributed by atoms with E-state index in [2.05, 4.69) is 5.32 Å². The number of hydrogen-bond donors (Lipinski definition) is 1. The van der Waals surface area contributed by atoms with Crippen LogP contribution >= 0.6 is 0 Å². The van der Waals surface area contributed by atoms with Crippen LogP contribution in [0.5, 0.6) is 0 Å². The van der Waals surface area contributed by atoms with Gasteiger partial charge in [0.05, 0.1) is 0 Å². The van der Waals surface area contributed by atoms with Gasteiger partial charge >= 0.3 is 0 Å². The van der Waals surface area contributed by atoms with Crippen LogP contribution in [0.3, 0.4) is 0 Å². The van der Waals surface area contributed by atoms with Crippen LogP contribution in [0.4, 0.5) is 4.39 Å². The normalized spacial score (nSPS) is 11.7. The molecule has 4 nitrogen and oxygen atoms in total. The number of rotatable bonds is 12. The molecule has 1 N–H and O–H groups in total. The van der Waals surface area contributed by atoms with Crippen LogP contribution in [0.15, 0.2) is 115 Å². The zero-order valence-corrected chi connectivity index (χ0v) is 22.3. The molecule has 0 aliphatic heterocycles. The highest BCUT2D eigenvalue weighted by Crippen LogP contribution is 2.30. The summed E-state index contributed by atoms with van der Waals surface area (Å²) < 4.78 is 13.7. The van der Waals surface area contributed by atoms with Gasteiger partial charge in [0.1, 0.15) is 11.9 Å². The molecule has 0 aromatic heterocycles. The Labute approximate surface area is 230 Å². The molecule has 39 heavy (non-hydrogen) atoms. The molecule has 0 aliphatic carbocycles. The maximum absolute atomic E-state index is 14.3. The number of halogens is 1. The number of carbonyl (C=O) groups excluding carboxylic acids is 2. The van der Waals surface area contributed by atoms with E-state index in [1.54, 1.807) is 17.0 Å². The van der Waals surface area contributed by atoms with Gasteiger partial charge in [0, 0.05) is 31.8 Å². The van der Waals surface area contributed by atoms with Crippen molar-refractivity contribution >= 4 is 11.8 Å². The van der Waals surface area contributed by atoms with Crippen molar-refractivity contribution in [3.05, 3.63) is 143 Å². The Morgan fingerprint density at radius 2 is 1.28 bits per heavy atom. The first-order chi connectivity index (χ1) is 19.0. The quantitative estimate of drug-likeness (QED) is 0.230. The van der Waals surface area contributed by atoms with Crippen molar-refractivity contribution in [2.45, 2.75) is 44.7 Å². The van der Waals surface area contributed by atoms with Gasteiger partial charge in [-0.3, -0.25) is 9.59 Å².